The van der Waals surface area contributed by atoms with Gasteiger partial charge in [-0.15, -0.1) is 11.8 Å². The number of rotatable bonds is 6. The third kappa shape index (κ3) is 4.14. The summed E-state index contributed by atoms with van der Waals surface area (Å²) in [5, 5.41) is 1.07. The van der Waals surface area contributed by atoms with Gasteiger partial charge in [0.05, 0.1) is 16.1 Å². The number of aliphatic imine (C=N–C) groups is 1. The Morgan fingerprint density at radius 2 is 2.08 bits per heavy atom. The molecule has 0 saturated heterocycles. The molecule has 3 rings (SSSR count). The van der Waals surface area contributed by atoms with Crippen LogP contribution in [-0.4, -0.2) is 23.9 Å². The molecule has 0 aromatic heterocycles. The molecule has 0 radical (unpaired) electrons. The fourth-order valence-corrected chi connectivity index (χ4v) is 3.96. The Hall–Kier alpha value is -1.46. The molecule has 24 heavy (non-hydrogen) atoms. The monoisotopic (exact) mass is 405 g/mol. The van der Waals surface area contributed by atoms with Gasteiger partial charge in [0.1, 0.15) is 6.61 Å². The number of thioether (sulfide) groups is 1. The molecule has 0 atom stereocenters. The molecule has 1 aliphatic heterocycles. The first-order chi connectivity index (χ1) is 11.7. The Kier molecular flexibility index (Phi) is 5.85. The predicted octanol–water partition coefficient (Wildman–Crippen LogP) is 5.23. The van der Waals surface area contributed by atoms with Crippen LogP contribution in [0.1, 0.15) is 23.6 Å². The number of benzene rings is 2. The molecule has 2 aromatic carbocycles. The highest BCUT2D eigenvalue weighted by molar-refractivity contribution is 9.10. The van der Waals surface area contributed by atoms with Crippen LogP contribution in [0.5, 0.6) is 11.5 Å². The summed E-state index contributed by atoms with van der Waals surface area (Å²) < 4.78 is 12.8. The van der Waals surface area contributed by atoms with Crippen LogP contribution in [-0.2, 0) is 6.61 Å². The Labute approximate surface area is 155 Å². The lowest BCUT2D eigenvalue weighted by Gasteiger charge is -2.15. The van der Waals surface area contributed by atoms with Gasteiger partial charge in [0.15, 0.2) is 11.5 Å². The molecule has 2 aromatic rings. The van der Waals surface area contributed by atoms with E-state index in [1.807, 2.05) is 19.1 Å². The van der Waals surface area contributed by atoms with E-state index < -0.39 is 0 Å². The van der Waals surface area contributed by atoms with Crippen LogP contribution in [0.15, 0.2) is 45.9 Å². The van der Waals surface area contributed by atoms with Gasteiger partial charge in [0.25, 0.3) is 0 Å². The van der Waals surface area contributed by atoms with Crippen molar-refractivity contribution in [1.29, 1.82) is 0 Å². The SMILES string of the molecule is CCOc1cc(C2=NCCS2)cc(Br)c1OCc1cccc(C)c1. The van der Waals surface area contributed by atoms with E-state index in [9.17, 15) is 0 Å². The molecule has 0 aliphatic carbocycles. The molecule has 0 unspecified atom stereocenters. The Morgan fingerprint density at radius 1 is 1.21 bits per heavy atom. The van der Waals surface area contributed by atoms with E-state index in [0.717, 1.165) is 44.4 Å². The zero-order chi connectivity index (χ0) is 16.9. The van der Waals surface area contributed by atoms with Crippen LogP contribution in [0.4, 0.5) is 0 Å². The summed E-state index contributed by atoms with van der Waals surface area (Å²) in [6.07, 6.45) is 0. The lowest BCUT2D eigenvalue weighted by atomic mass is 10.1. The van der Waals surface area contributed by atoms with Gasteiger partial charge in [-0.05, 0) is 47.5 Å². The zero-order valence-electron chi connectivity index (χ0n) is 13.8. The van der Waals surface area contributed by atoms with Gasteiger partial charge in [-0.25, -0.2) is 0 Å². The molecule has 0 bridgehead atoms. The van der Waals surface area contributed by atoms with Gasteiger partial charge in [-0.3, -0.25) is 4.99 Å². The van der Waals surface area contributed by atoms with Gasteiger partial charge >= 0.3 is 0 Å². The Morgan fingerprint density at radius 3 is 2.79 bits per heavy atom. The van der Waals surface area contributed by atoms with E-state index >= 15 is 0 Å². The maximum atomic E-state index is 6.06. The van der Waals surface area contributed by atoms with Crippen molar-refractivity contribution in [3.63, 3.8) is 0 Å². The Bertz CT molecular complexity index is 761. The maximum Gasteiger partial charge on any atom is 0.175 e. The molecule has 0 spiro atoms. The second-order valence-electron chi connectivity index (χ2n) is 5.53. The summed E-state index contributed by atoms with van der Waals surface area (Å²) in [5.41, 5.74) is 3.45. The second-order valence-corrected chi connectivity index (χ2v) is 7.47. The van der Waals surface area contributed by atoms with Gasteiger partial charge < -0.3 is 9.47 Å². The molecular weight excluding hydrogens is 386 g/mol. The number of nitrogens with zero attached hydrogens (tertiary/aromatic N) is 1. The summed E-state index contributed by atoms with van der Waals surface area (Å²) in [6, 6.07) is 12.4. The van der Waals surface area contributed by atoms with Gasteiger partial charge in [0, 0.05) is 17.9 Å². The number of ether oxygens (including phenoxy) is 2. The van der Waals surface area contributed by atoms with Gasteiger partial charge in [-0.2, -0.15) is 0 Å². The second kappa shape index (κ2) is 8.08. The highest BCUT2D eigenvalue weighted by atomic mass is 79.9. The molecule has 3 nitrogen and oxygen atoms in total. The van der Waals surface area contributed by atoms with Crippen molar-refractivity contribution in [2.45, 2.75) is 20.5 Å². The molecule has 0 amide bonds. The average molecular weight is 406 g/mol. The first-order valence-electron chi connectivity index (χ1n) is 7.99. The number of aryl methyl sites for hydroxylation is 1. The average Bonchev–Trinajstić information content (AvgIpc) is 3.09. The zero-order valence-corrected chi connectivity index (χ0v) is 16.2. The van der Waals surface area contributed by atoms with Crippen LogP contribution in [0.2, 0.25) is 0 Å². The molecule has 0 fully saturated rings. The normalized spacial score (nSPS) is 13.7. The largest absolute Gasteiger partial charge is 0.490 e. The van der Waals surface area contributed by atoms with Crippen molar-refractivity contribution in [3.05, 3.63) is 57.6 Å². The van der Waals surface area contributed by atoms with Crippen molar-refractivity contribution in [3.8, 4) is 11.5 Å². The van der Waals surface area contributed by atoms with Gasteiger partial charge in [0.2, 0.25) is 0 Å². The van der Waals surface area contributed by atoms with E-state index in [-0.39, 0.29) is 0 Å². The van der Waals surface area contributed by atoms with Crippen LogP contribution in [0.25, 0.3) is 0 Å². The maximum absolute atomic E-state index is 6.06. The topological polar surface area (TPSA) is 30.8 Å². The third-order valence-electron chi connectivity index (χ3n) is 3.61. The fraction of sp³-hybridized carbons (Fsp3) is 0.316. The van der Waals surface area contributed by atoms with E-state index in [1.165, 1.54) is 5.56 Å². The minimum absolute atomic E-state index is 0.509. The summed E-state index contributed by atoms with van der Waals surface area (Å²) in [4.78, 5) is 4.54. The van der Waals surface area contributed by atoms with Crippen molar-refractivity contribution in [2.75, 3.05) is 18.9 Å². The summed E-state index contributed by atoms with van der Waals surface area (Å²) in [5.74, 6) is 2.54. The quantitative estimate of drug-likeness (QED) is 0.658. The van der Waals surface area contributed by atoms with Crippen LogP contribution < -0.4 is 9.47 Å². The lowest BCUT2D eigenvalue weighted by molar-refractivity contribution is 0.267. The number of hydrogen-bond acceptors (Lipinski definition) is 4. The molecule has 0 N–H and O–H groups in total. The number of halogens is 1. The summed E-state index contributed by atoms with van der Waals surface area (Å²) >= 11 is 5.42. The molecular formula is C19H20BrNO2S. The summed E-state index contributed by atoms with van der Waals surface area (Å²) in [7, 11) is 0. The first kappa shape index (κ1) is 17.4. The van der Waals surface area contributed by atoms with E-state index in [2.05, 4.69) is 52.1 Å². The molecule has 1 heterocycles. The summed E-state index contributed by atoms with van der Waals surface area (Å²) in [6.45, 7) is 6.05. The fourth-order valence-electron chi connectivity index (χ4n) is 2.56. The van der Waals surface area contributed by atoms with Crippen LogP contribution in [0.3, 0.4) is 0 Å². The van der Waals surface area contributed by atoms with Crippen molar-refractivity contribution >= 4 is 32.7 Å². The first-order valence-corrected chi connectivity index (χ1v) is 9.77. The van der Waals surface area contributed by atoms with Crippen molar-refractivity contribution < 1.29 is 9.47 Å². The minimum Gasteiger partial charge on any atom is -0.490 e. The smallest absolute Gasteiger partial charge is 0.175 e. The molecule has 0 saturated carbocycles. The molecule has 1 aliphatic rings. The molecule has 126 valence electrons. The Balaban J connectivity index is 1.85. The highest BCUT2D eigenvalue weighted by Crippen LogP contribution is 2.39. The van der Waals surface area contributed by atoms with E-state index in [4.69, 9.17) is 9.47 Å². The number of hydrogen-bond donors (Lipinski definition) is 0. The molecule has 5 heteroatoms. The van der Waals surface area contributed by atoms with Crippen molar-refractivity contribution in [1.82, 2.24) is 0 Å². The van der Waals surface area contributed by atoms with E-state index in [1.54, 1.807) is 11.8 Å². The minimum atomic E-state index is 0.509. The van der Waals surface area contributed by atoms with Crippen LogP contribution in [0, 0.1) is 6.92 Å². The lowest BCUT2D eigenvalue weighted by Crippen LogP contribution is -2.03. The van der Waals surface area contributed by atoms with Crippen molar-refractivity contribution in [2.24, 2.45) is 4.99 Å². The van der Waals surface area contributed by atoms with Crippen LogP contribution >= 0.6 is 27.7 Å². The standard InChI is InChI=1S/C19H20BrNO2S/c1-3-22-17-11-15(19-21-7-8-24-19)10-16(20)18(17)23-12-14-6-4-5-13(2)9-14/h4-6,9-11H,3,7-8,12H2,1-2H3. The predicted molar refractivity (Wildman–Crippen MR) is 105 cm³/mol. The van der Waals surface area contributed by atoms with E-state index in [0.29, 0.717) is 13.2 Å². The van der Waals surface area contributed by atoms with Gasteiger partial charge in [-0.1, -0.05) is 29.8 Å². The third-order valence-corrected chi connectivity index (χ3v) is 5.22. The highest BCUT2D eigenvalue weighted by Gasteiger charge is 2.17.